The van der Waals surface area contributed by atoms with Crippen LogP contribution < -0.4 is 0 Å². The van der Waals surface area contributed by atoms with E-state index in [0.29, 0.717) is 16.8 Å². The average Bonchev–Trinajstić information content (AvgIpc) is 3.49. The first-order valence-corrected chi connectivity index (χ1v) is 16.1. The van der Waals surface area contributed by atoms with Gasteiger partial charge in [-0.15, -0.1) is 0 Å². The van der Waals surface area contributed by atoms with Crippen molar-refractivity contribution in [3.63, 3.8) is 0 Å². The van der Waals surface area contributed by atoms with E-state index in [1.54, 1.807) is 6.20 Å². The van der Waals surface area contributed by atoms with E-state index in [0.717, 1.165) is 65.5 Å². The fourth-order valence-electron chi connectivity index (χ4n) is 5.61. The van der Waals surface area contributed by atoms with E-state index in [4.69, 9.17) is 26.0 Å². The van der Waals surface area contributed by atoms with E-state index in [-0.39, 0.29) is 5.28 Å². The Balaban J connectivity index is 0.000000138. The van der Waals surface area contributed by atoms with Crippen LogP contribution in [0.1, 0.15) is 0 Å². The van der Waals surface area contributed by atoms with E-state index < -0.39 is 0 Å². The highest BCUT2D eigenvalue weighted by Gasteiger charge is 2.17. The molecule has 9 aromatic rings. The monoisotopic (exact) mass is 691 g/mol. The van der Waals surface area contributed by atoms with Crippen LogP contribution in [0.4, 0.5) is 0 Å². The molecule has 0 N–H and O–H groups in total. The highest BCUT2D eigenvalue weighted by Crippen LogP contribution is 2.35. The summed E-state index contributed by atoms with van der Waals surface area (Å²) < 4.78 is 7.01. The number of halogens is 2. The van der Waals surface area contributed by atoms with Crippen molar-refractivity contribution in [1.82, 2.24) is 24.9 Å². The Hall–Kier alpha value is -5.50. The van der Waals surface area contributed by atoms with Crippen LogP contribution in [0.2, 0.25) is 5.28 Å². The van der Waals surface area contributed by atoms with Crippen LogP contribution in [0.5, 0.6) is 0 Å². The SMILES string of the molecule is Brc1cccc(-c2nc(-c3ccccc3)c3ccccc3n2)c1.Clc1nc(-c2cnc3ccccc3c2)c2oc3ccccc3c2n1. The molecule has 47 heavy (non-hydrogen) atoms. The lowest BCUT2D eigenvalue weighted by molar-refractivity contribution is 0.667. The number of hydrogen-bond acceptors (Lipinski definition) is 6. The normalized spacial score (nSPS) is 11.2. The van der Waals surface area contributed by atoms with Crippen molar-refractivity contribution >= 4 is 71.4 Å². The third kappa shape index (κ3) is 5.71. The summed E-state index contributed by atoms with van der Waals surface area (Å²) in [7, 11) is 0. The van der Waals surface area contributed by atoms with Gasteiger partial charge in [0.2, 0.25) is 5.28 Å². The van der Waals surface area contributed by atoms with E-state index in [9.17, 15) is 0 Å². The molecule has 0 fully saturated rings. The summed E-state index contributed by atoms with van der Waals surface area (Å²) in [6.07, 6.45) is 1.79. The molecular weight excluding hydrogens is 670 g/mol. The Kier molecular flexibility index (Phi) is 7.61. The largest absolute Gasteiger partial charge is 0.452 e. The number of aromatic nitrogens is 5. The summed E-state index contributed by atoms with van der Waals surface area (Å²) in [5, 5.41) is 3.22. The Morgan fingerprint density at radius 2 is 1.28 bits per heavy atom. The van der Waals surface area contributed by atoms with E-state index >= 15 is 0 Å². The molecule has 0 spiro atoms. The van der Waals surface area contributed by atoms with Crippen molar-refractivity contribution < 1.29 is 4.42 Å². The van der Waals surface area contributed by atoms with Crippen LogP contribution >= 0.6 is 27.5 Å². The lowest BCUT2D eigenvalue weighted by Gasteiger charge is -2.09. The van der Waals surface area contributed by atoms with E-state index in [2.05, 4.69) is 49.1 Å². The first-order chi connectivity index (χ1) is 23.1. The Labute approximate surface area is 282 Å². The summed E-state index contributed by atoms with van der Waals surface area (Å²) in [6.45, 7) is 0. The molecule has 0 aliphatic carbocycles. The molecule has 0 saturated carbocycles. The lowest BCUT2D eigenvalue weighted by Crippen LogP contribution is -1.95. The number of furan rings is 1. The van der Waals surface area contributed by atoms with E-state index in [1.165, 1.54) is 0 Å². The van der Waals surface area contributed by atoms with Gasteiger partial charge in [-0.3, -0.25) is 4.98 Å². The summed E-state index contributed by atoms with van der Waals surface area (Å²) in [4.78, 5) is 22.8. The Bertz CT molecular complexity index is 2570. The molecule has 6 nitrogen and oxygen atoms in total. The second kappa shape index (κ2) is 12.4. The van der Waals surface area contributed by atoms with Crippen LogP contribution in [-0.4, -0.2) is 24.9 Å². The first kappa shape index (κ1) is 28.9. The molecule has 0 unspecified atom stereocenters. The lowest BCUT2D eigenvalue weighted by atomic mass is 10.1. The van der Waals surface area contributed by atoms with Gasteiger partial charge < -0.3 is 4.42 Å². The number of benzene rings is 5. The van der Waals surface area contributed by atoms with Crippen LogP contribution in [0.25, 0.3) is 77.8 Å². The fourth-order valence-corrected chi connectivity index (χ4v) is 6.18. The summed E-state index contributed by atoms with van der Waals surface area (Å²) in [6, 6.07) is 44.2. The predicted molar refractivity (Wildman–Crippen MR) is 193 cm³/mol. The molecule has 0 saturated heterocycles. The van der Waals surface area contributed by atoms with Gasteiger partial charge in [0, 0.05) is 43.5 Å². The Morgan fingerprint density at radius 1 is 0.553 bits per heavy atom. The molecule has 0 atom stereocenters. The van der Waals surface area contributed by atoms with Crippen molar-refractivity contribution in [2.45, 2.75) is 0 Å². The van der Waals surface area contributed by atoms with Gasteiger partial charge in [-0.1, -0.05) is 107 Å². The van der Waals surface area contributed by atoms with Crippen molar-refractivity contribution in [1.29, 1.82) is 0 Å². The maximum Gasteiger partial charge on any atom is 0.223 e. The number of fused-ring (bicyclic) bond motifs is 5. The van der Waals surface area contributed by atoms with Gasteiger partial charge in [-0.05, 0) is 54.1 Å². The molecule has 4 aromatic heterocycles. The maximum absolute atomic E-state index is 6.16. The molecule has 224 valence electrons. The van der Waals surface area contributed by atoms with Crippen molar-refractivity contribution in [3.8, 4) is 33.9 Å². The molecular formula is C39H23BrClN5O. The molecule has 9 rings (SSSR count). The smallest absolute Gasteiger partial charge is 0.223 e. The standard InChI is InChI=1S/C20H13BrN2.C19H10ClN3O/c21-16-10-6-9-15(13-16)20-22-18-12-5-4-11-17(18)19(23-20)14-7-2-1-3-8-14;20-19-22-16(12-9-11-5-1-3-7-14(11)21-10-12)18-17(23-19)13-6-2-4-8-15(13)24-18/h1-13H;1-10H. The minimum absolute atomic E-state index is 0.192. The number of pyridine rings is 1. The summed E-state index contributed by atoms with van der Waals surface area (Å²) >= 11 is 9.68. The van der Waals surface area contributed by atoms with E-state index in [1.807, 2.05) is 115 Å². The quantitative estimate of drug-likeness (QED) is 0.172. The minimum Gasteiger partial charge on any atom is -0.452 e. The molecule has 4 heterocycles. The van der Waals surface area contributed by atoms with Gasteiger partial charge in [0.15, 0.2) is 11.4 Å². The van der Waals surface area contributed by atoms with Gasteiger partial charge >= 0.3 is 0 Å². The highest BCUT2D eigenvalue weighted by atomic mass is 79.9. The van der Waals surface area contributed by atoms with Gasteiger partial charge in [0.1, 0.15) is 16.8 Å². The fraction of sp³-hybridized carbons (Fsp3) is 0. The Morgan fingerprint density at radius 3 is 2.13 bits per heavy atom. The molecule has 0 aliphatic heterocycles. The van der Waals surface area contributed by atoms with Gasteiger partial charge in [-0.2, -0.15) is 0 Å². The van der Waals surface area contributed by atoms with Crippen LogP contribution in [0, 0.1) is 0 Å². The molecule has 0 radical (unpaired) electrons. The van der Waals surface area contributed by atoms with Crippen molar-refractivity contribution in [3.05, 3.63) is 149 Å². The van der Waals surface area contributed by atoms with Crippen molar-refractivity contribution in [2.24, 2.45) is 0 Å². The maximum atomic E-state index is 6.16. The summed E-state index contributed by atoms with van der Waals surface area (Å²) in [5.74, 6) is 0.740. The number of rotatable bonds is 3. The second-order valence-electron chi connectivity index (χ2n) is 10.8. The number of para-hydroxylation sites is 3. The number of nitrogens with zero attached hydrogens (tertiary/aromatic N) is 5. The topological polar surface area (TPSA) is 77.6 Å². The third-order valence-corrected chi connectivity index (χ3v) is 8.45. The van der Waals surface area contributed by atoms with Crippen LogP contribution in [0.3, 0.4) is 0 Å². The predicted octanol–water partition coefficient (Wildman–Crippen LogP) is 11.0. The third-order valence-electron chi connectivity index (χ3n) is 7.79. The average molecular weight is 693 g/mol. The van der Waals surface area contributed by atoms with Gasteiger partial charge in [0.25, 0.3) is 0 Å². The zero-order valence-electron chi connectivity index (χ0n) is 24.7. The molecule has 0 aliphatic rings. The van der Waals surface area contributed by atoms with Crippen LogP contribution in [0.15, 0.2) is 149 Å². The highest BCUT2D eigenvalue weighted by molar-refractivity contribution is 9.10. The van der Waals surface area contributed by atoms with Crippen LogP contribution in [-0.2, 0) is 0 Å². The van der Waals surface area contributed by atoms with Gasteiger partial charge in [-0.25, -0.2) is 19.9 Å². The van der Waals surface area contributed by atoms with Crippen molar-refractivity contribution in [2.75, 3.05) is 0 Å². The zero-order chi connectivity index (χ0) is 31.7. The molecule has 8 heteroatoms. The first-order valence-electron chi connectivity index (χ1n) is 14.9. The number of hydrogen-bond donors (Lipinski definition) is 0. The molecule has 0 amide bonds. The summed E-state index contributed by atoms with van der Waals surface area (Å²) in [5.41, 5.74) is 8.56. The zero-order valence-corrected chi connectivity index (χ0v) is 27.0. The second-order valence-corrected chi connectivity index (χ2v) is 12.1. The minimum atomic E-state index is 0.192. The molecule has 0 bridgehead atoms. The van der Waals surface area contributed by atoms with Gasteiger partial charge in [0.05, 0.1) is 16.7 Å². The molecule has 5 aromatic carbocycles.